The number of ether oxygens (including phenoxy) is 3. The number of aliphatic hydroxyl groups excluding tert-OH is 1. The monoisotopic (exact) mass is 220 g/mol. The zero-order valence-corrected chi connectivity index (χ0v) is 8.79. The molecule has 2 aliphatic rings. The van der Waals surface area contributed by atoms with Crippen molar-refractivity contribution in [2.75, 3.05) is 27.4 Å². The van der Waals surface area contributed by atoms with Gasteiger partial charge in [0, 0.05) is 7.11 Å². The van der Waals surface area contributed by atoms with Crippen LogP contribution in [0.15, 0.2) is 0 Å². The van der Waals surface area contributed by atoms with Crippen LogP contribution in [0.1, 0.15) is 0 Å². The topological polar surface area (TPSA) is 66.4 Å². The Kier molecular flexibility index (Phi) is 3.55. The summed E-state index contributed by atoms with van der Waals surface area (Å²) in [6.07, 6.45) is -1.16. The van der Waals surface area contributed by atoms with E-state index in [4.69, 9.17) is 19.1 Å². The normalized spacial score (nSPS) is 44.6. The Balaban J connectivity index is 2.09. The molecule has 0 saturated carbocycles. The molecule has 15 heavy (non-hydrogen) atoms. The summed E-state index contributed by atoms with van der Waals surface area (Å²) in [4.78, 5) is 9.72. The third kappa shape index (κ3) is 1.89. The Hall–Kier alpha value is -0.240. The van der Waals surface area contributed by atoms with E-state index in [0.29, 0.717) is 6.61 Å². The molecule has 2 bridgehead atoms. The van der Waals surface area contributed by atoms with Gasteiger partial charge in [-0.3, -0.25) is 0 Å². The summed E-state index contributed by atoms with van der Waals surface area (Å²) in [6, 6.07) is 0. The van der Waals surface area contributed by atoms with Crippen LogP contribution < -0.4 is 0 Å². The smallest absolute Gasteiger partial charge is 0.165 e. The van der Waals surface area contributed by atoms with Gasteiger partial charge in [-0.05, 0) is 0 Å². The summed E-state index contributed by atoms with van der Waals surface area (Å²) >= 11 is 0. The molecule has 0 aromatic rings. The van der Waals surface area contributed by atoms with E-state index in [1.54, 1.807) is 7.11 Å². The van der Waals surface area contributed by atoms with E-state index in [1.165, 1.54) is 7.11 Å². The molecule has 5 atom stereocenters. The molecule has 0 radical (unpaired) electrons. The molecule has 1 N–H and O–H groups in total. The predicted molar refractivity (Wildman–Crippen MR) is 47.9 cm³/mol. The summed E-state index contributed by atoms with van der Waals surface area (Å²) in [6.45, 7) is 0.370. The van der Waals surface area contributed by atoms with Gasteiger partial charge in [0.15, 0.2) is 6.29 Å². The quantitative estimate of drug-likeness (QED) is 0.500. The van der Waals surface area contributed by atoms with Crippen molar-refractivity contribution in [1.29, 1.82) is 0 Å². The van der Waals surface area contributed by atoms with Gasteiger partial charge in [0.1, 0.15) is 12.2 Å². The van der Waals surface area contributed by atoms with Crippen LogP contribution in [0, 0.1) is 5.92 Å². The van der Waals surface area contributed by atoms with E-state index < -0.39 is 6.29 Å². The maximum atomic E-state index is 9.26. The van der Waals surface area contributed by atoms with Crippen LogP contribution in [0.4, 0.5) is 0 Å². The van der Waals surface area contributed by atoms with E-state index in [-0.39, 0.29) is 30.8 Å². The molecule has 0 aromatic carbocycles. The minimum atomic E-state index is -0.441. The van der Waals surface area contributed by atoms with Crippen LogP contribution >= 0.6 is 0 Å². The Morgan fingerprint density at radius 1 is 1.40 bits per heavy atom. The van der Waals surface area contributed by atoms with E-state index in [9.17, 15) is 5.11 Å². The zero-order chi connectivity index (χ0) is 10.8. The minimum absolute atomic E-state index is 0.0700. The highest BCUT2D eigenvalue weighted by Crippen LogP contribution is 2.35. The van der Waals surface area contributed by atoms with Crippen molar-refractivity contribution < 1.29 is 29.1 Å². The minimum Gasteiger partial charge on any atom is -0.396 e. The third-order valence-corrected chi connectivity index (χ3v) is 2.87. The van der Waals surface area contributed by atoms with Crippen molar-refractivity contribution in [3.8, 4) is 0 Å². The number of hydrogen-bond acceptors (Lipinski definition) is 6. The SMILES string of the molecule is COO[C@@H]1C2COC1C(CO)[C@H](OC)O2. The van der Waals surface area contributed by atoms with E-state index in [1.807, 2.05) is 0 Å². The lowest BCUT2D eigenvalue weighted by molar-refractivity contribution is -0.356. The van der Waals surface area contributed by atoms with Crippen LogP contribution in [-0.2, 0) is 24.0 Å². The van der Waals surface area contributed by atoms with Gasteiger partial charge in [0.25, 0.3) is 0 Å². The van der Waals surface area contributed by atoms with Gasteiger partial charge in [-0.2, -0.15) is 0 Å². The average molecular weight is 220 g/mol. The molecule has 88 valence electrons. The molecule has 2 fully saturated rings. The Morgan fingerprint density at radius 2 is 2.20 bits per heavy atom. The second-order valence-electron chi connectivity index (χ2n) is 3.65. The van der Waals surface area contributed by atoms with Crippen LogP contribution in [-0.4, -0.2) is 57.1 Å². The lowest BCUT2D eigenvalue weighted by Crippen LogP contribution is -2.52. The summed E-state index contributed by atoms with van der Waals surface area (Å²) in [5.41, 5.74) is 0. The summed E-state index contributed by atoms with van der Waals surface area (Å²) in [5, 5.41) is 9.26. The van der Waals surface area contributed by atoms with E-state index >= 15 is 0 Å². The number of fused-ring (bicyclic) bond motifs is 2. The fourth-order valence-corrected chi connectivity index (χ4v) is 2.17. The fraction of sp³-hybridized carbons (Fsp3) is 1.00. The van der Waals surface area contributed by atoms with Gasteiger partial charge in [-0.1, -0.05) is 0 Å². The third-order valence-electron chi connectivity index (χ3n) is 2.87. The van der Waals surface area contributed by atoms with Crippen molar-refractivity contribution in [2.24, 2.45) is 5.92 Å². The van der Waals surface area contributed by atoms with Gasteiger partial charge < -0.3 is 19.3 Å². The van der Waals surface area contributed by atoms with Gasteiger partial charge in [-0.15, -0.1) is 0 Å². The highest BCUT2D eigenvalue weighted by Gasteiger charge is 2.52. The highest BCUT2D eigenvalue weighted by molar-refractivity contribution is 4.95. The van der Waals surface area contributed by atoms with Crippen molar-refractivity contribution in [2.45, 2.75) is 24.6 Å². The molecule has 2 rings (SSSR count). The molecule has 0 amide bonds. The zero-order valence-electron chi connectivity index (χ0n) is 8.79. The lowest BCUT2D eigenvalue weighted by Gasteiger charge is -2.37. The molecule has 2 saturated heterocycles. The summed E-state index contributed by atoms with van der Waals surface area (Å²) < 4.78 is 16.2. The predicted octanol–water partition coefficient (Wildman–Crippen LogP) is -0.688. The number of aliphatic hydroxyl groups is 1. The van der Waals surface area contributed by atoms with Gasteiger partial charge in [0.05, 0.1) is 32.3 Å². The molecule has 2 aliphatic heterocycles. The Labute approximate surface area is 87.9 Å². The standard InChI is InChI=1S/C9H16O6/c1-11-9-5(3-10)7-8(15-12-2)6(14-9)4-13-7/h5-10H,3-4H2,1-2H3/t5?,6?,7?,8-,9-/m1/s1. The first-order chi connectivity index (χ1) is 7.31. The highest BCUT2D eigenvalue weighted by atomic mass is 17.2. The van der Waals surface area contributed by atoms with Crippen molar-refractivity contribution in [3.05, 3.63) is 0 Å². The van der Waals surface area contributed by atoms with Crippen molar-refractivity contribution in [1.82, 2.24) is 0 Å². The first-order valence-electron chi connectivity index (χ1n) is 4.92. The molecular formula is C9H16O6. The van der Waals surface area contributed by atoms with Gasteiger partial charge >= 0.3 is 0 Å². The Bertz CT molecular complexity index is 211. The lowest BCUT2D eigenvalue weighted by atomic mass is 9.94. The summed E-state index contributed by atoms with van der Waals surface area (Å²) in [5.74, 6) is -0.242. The van der Waals surface area contributed by atoms with Crippen LogP contribution in [0.25, 0.3) is 0 Å². The fourth-order valence-electron chi connectivity index (χ4n) is 2.17. The number of methoxy groups -OCH3 is 1. The summed E-state index contributed by atoms with van der Waals surface area (Å²) in [7, 11) is 2.99. The molecule has 6 nitrogen and oxygen atoms in total. The number of hydrogen-bond donors (Lipinski definition) is 1. The maximum Gasteiger partial charge on any atom is 0.165 e. The molecule has 2 heterocycles. The second-order valence-corrected chi connectivity index (χ2v) is 3.65. The first-order valence-corrected chi connectivity index (χ1v) is 4.92. The molecule has 3 unspecified atom stereocenters. The average Bonchev–Trinajstić information content (AvgIpc) is 2.54. The van der Waals surface area contributed by atoms with Crippen LogP contribution in [0.3, 0.4) is 0 Å². The van der Waals surface area contributed by atoms with E-state index in [2.05, 4.69) is 4.89 Å². The molecule has 0 aliphatic carbocycles. The van der Waals surface area contributed by atoms with Crippen LogP contribution in [0.5, 0.6) is 0 Å². The van der Waals surface area contributed by atoms with Gasteiger partial charge in [0.2, 0.25) is 0 Å². The van der Waals surface area contributed by atoms with E-state index in [0.717, 1.165) is 0 Å². The second kappa shape index (κ2) is 4.73. The molecule has 0 spiro atoms. The maximum absolute atomic E-state index is 9.26. The molecule has 0 aromatic heterocycles. The molecule has 6 heteroatoms. The Morgan fingerprint density at radius 3 is 2.80 bits per heavy atom. The largest absolute Gasteiger partial charge is 0.396 e. The number of rotatable bonds is 4. The van der Waals surface area contributed by atoms with Crippen LogP contribution in [0.2, 0.25) is 0 Å². The van der Waals surface area contributed by atoms with Crippen molar-refractivity contribution >= 4 is 0 Å². The molecular weight excluding hydrogens is 204 g/mol. The van der Waals surface area contributed by atoms with Gasteiger partial charge in [-0.25, -0.2) is 9.78 Å². The first kappa shape index (κ1) is 11.3. The van der Waals surface area contributed by atoms with Crippen molar-refractivity contribution in [3.63, 3.8) is 0 Å².